The molecule has 0 aromatic heterocycles. The second-order valence-electron chi connectivity index (χ2n) is 4.34. The fourth-order valence-electron chi connectivity index (χ4n) is 1.68. The standard InChI is InChI=1S/C15H15N3OS/c1-10(19)11-3-2-4-14(9-11)18-15(20)17-13-7-5-12(16)6-8-13/h2-9H,16H2,1H3,(H2,17,18,20). The molecule has 2 rings (SSSR count). The van der Waals surface area contributed by atoms with Gasteiger partial charge in [-0.25, -0.2) is 0 Å². The van der Waals surface area contributed by atoms with E-state index in [2.05, 4.69) is 10.6 Å². The van der Waals surface area contributed by atoms with Crippen LogP contribution in [0.3, 0.4) is 0 Å². The minimum Gasteiger partial charge on any atom is -0.399 e. The molecule has 4 nitrogen and oxygen atoms in total. The van der Waals surface area contributed by atoms with Crippen LogP contribution in [0.25, 0.3) is 0 Å². The molecular formula is C15H15N3OS. The van der Waals surface area contributed by atoms with Gasteiger partial charge in [0, 0.05) is 22.6 Å². The SMILES string of the molecule is CC(=O)c1cccc(NC(=S)Nc2ccc(N)cc2)c1. The Kier molecular flexibility index (Phi) is 4.32. The van der Waals surface area contributed by atoms with Gasteiger partial charge in [-0.1, -0.05) is 12.1 Å². The number of nitrogens with two attached hydrogens (primary N) is 1. The summed E-state index contributed by atoms with van der Waals surface area (Å²) in [6.45, 7) is 1.53. The largest absolute Gasteiger partial charge is 0.399 e. The Labute approximate surface area is 123 Å². The van der Waals surface area contributed by atoms with Gasteiger partial charge in [0.25, 0.3) is 0 Å². The molecule has 0 fully saturated rings. The lowest BCUT2D eigenvalue weighted by atomic mass is 10.1. The van der Waals surface area contributed by atoms with E-state index in [1.54, 1.807) is 24.3 Å². The number of rotatable bonds is 3. The summed E-state index contributed by atoms with van der Waals surface area (Å²) < 4.78 is 0. The Morgan fingerprint density at radius 2 is 1.70 bits per heavy atom. The van der Waals surface area contributed by atoms with Gasteiger partial charge in [0.1, 0.15) is 0 Å². The smallest absolute Gasteiger partial charge is 0.175 e. The van der Waals surface area contributed by atoms with Gasteiger partial charge in [0.2, 0.25) is 0 Å². The third-order valence-electron chi connectivity index (χ3n) is 2.70. The molecule has 0 bridgehead atoms. The quantitative estimate of drug-likeness (QED) is 0.459. The number of hydrogen-bond donors (Lipinski definition) is 3. The molecule has 2 aromatic rings. The maximum absolute atomic E-state index is 11.3. The van der Waals surface area contributed by atoms with Crippen LogP contribution in [0.1, 0.15) is 17.3 Å². The molecule has 5 heteroatoms. The summed E-state index contributed by atoms with van der Waals surface area (Å²) in [5.74, 6) is 0.0195. The van der Waals surface area contributed by atoms with Crippen LogP contribution in [0.5, 0.6) is 0 Å². The lowest BCUT2D eigenvalue weighted by molar-refractivity contribution is 0.101. The molecule has 4 N–H and O–H groups in total. The van der Waals surface area contributed by atoms with Gasteiger partial charge < -0.3 is 16.4 Å². The first-order valence-electron chi connectivity index (χ1n) is 6.09. The molecule has 0 aliphatic heterocycles. The number of benzene rings is 2. The minimum atomic E-state index is 0.0195. The van der Waals surface area contributed by atoms with Crippen molar-refractivity contribution in [1.29, 1.82) is 0 Å². The zero-order chi connectivity index (χ0) is 14.5. The molecule has 0 unspecified atom stereocenters. The molecule has 0 radical (unpaired) electrons. The summed E-state index contributed by atoms with van der Waals surface area (Å²) in [6, 6.07) is 14.5. The molecule has 0 aliphatic rings. The topological polar surface area (TPSA) is 67.2 Å². The summed E-state index contributed by atoms with van der Waals surface area (Å²) in [5, 5.41) is 6.54. The first-order valence-corrected chi connectivity index (χ1v) is 6.50. The molecule has 20 heavy (non-hydrogen) atoms. The van der Waals surface area contributed by atoms with Crippen molar-refractivity contribution in [3.63, 3.8) is 0 Å². The van der Waals surface area contributed by atoms with Crippen LogP contribution in [0.4, 0.5) is 17.1 Å². The van der Waals surface area contributed by atoms with Crippen molar-refractivity contribution in [2.45, 2.75) is 6.92 Å². The Morgan fingerprint density at radius 3 is 2.35 bits per heavy atom. The van der Waals surface area contributed by atoms with E-state index in [4.69, 9.17) is 18.0 Å². The van der Waals surface area contributed by atoms with Crippen LogP contribution < -0.4 is 16.4 Å². The number of thiocarbonyl (C=S) groups is 1. The number of ketones is 1. The highest BCUT2D eigenvalue weighted by Gasteiger charge is 2.02. The van der Waals surface area contributed by atoms with Crippen molar-refractivity contribution in [2.24, 2.45) is 0 Å². The summed E-state index contributed by atoms with van der Waals surface area (Å²) in [4.78, 5) is 11.3. The van der Waals surface area contributed by atoms with E-state index < -0.39 is 0 Å². The van der Waals surface area contributed by atoms with E-state index in [0.29, 0.717) is 16.4 Å². The summed E-state index contributed by atoms with van der Waals surface area (Å²) in [6.07, 6.45) is 0. The molecule has 0 amide bonds. The van der Waals surface area contributed by atoms with Crippen molar-refractivity contribution < 1.29 is 4.79 Å². The lowest BCUT2D eigenvalue weighted by Crippen LogP contribution is -2.19. The van der Waals surface area contributed by atoms with Crippen molar-refractivity contribution >= 4 is 40.2 Å². The predicted molar refractivity (Wildman–Crippen MR) is 87.1 cm³/mol. The van der Waals surface area contributed by atoms with Crippen LogP contribution in [0.2, 0.25) is 0 Å². The molecule has 102 valence electrons. The highest BCUT2D eigenvalue weighted by molar-refractivity contribution is 7.80. The van der Waals surface area contributed by atoms with Gasteiger partial charge in [0.05, 0.1) is 0 Å². The second-order valence-corrected chi connectivity index (χ2v) is 4.75. The van der Waals surface area contributed by atoms with Gasteiger partial charge in [-0.3, -0.25) is 4.79 Å². The zero-order valence-corrected chi connectivity index (χ0v) is 11.8. The van der Waals surface area contributed by atoms with Gasteiger partial charge in [0.15, 0.2) is 10.9 Å². The van der Waals surface area contributed by atoms with Crippen molar-refractivity contribution in [3.05, 3.63) is 54.1 Å². The van der Waals surface area contributed by atoms with Gasteiger partial charge in [-0.15, -0.1) is 0 Å². The Bertz CT molecular complexity index is 638. The average Bonchev–Trinajstić information content (AvgIpc) is 2.41. The third-order valence-corrected chi connectivity index (χ3v) is 2.90. The van der Waals surface area contributed by atoms with Crippen LogP contribution in [-0.4, -0.2) is 10.9 Å². The first-order chi connectivity index (χ1) is 9.54. The highest BCUT2D eigenvalue weighted by atomic mass is 32.1. The Hall–Kier alpha value is -2.40. The van der Waals surface area contributed by atoms with E-state index in [9.17, 15) is 4.79 Å². The van der Waals surface area contributed by atoms with Gasteiger partial charge in [-0.05, 0) is 55.5 Å². The van der Waals surface area contributed by atoms with Crippen molar-refractivity contribution in [2.75, 3.05) is 16.4 Å². The van der Waals surface area contributed by atoms with E-state index in [1.165, 1.54) is 6.92 Å². The molecule has 0 spiro atoms. The number of anilines is 3. The van der Waals surface area contributed by atoms with Gasteiger partial charge >= 0.3 is 0 Å². The summed E-state index contributed by atoms with van der Waals surface area (Å²) in [5.41, 5.74) is 8.58. The number of nitrogens with one attached hydrogen (secondary N) is 2. The van der Waals surface area contributed by atoms with Crippen LogP contribution in [0.15, 0.2) is 48.5 Å². The number of hydrogen-bond acceptors (Lipinski definition) is 3. The second kappa shape index (κ2) is 6.16. The van der Waals surface area contributed by atoms with Crippen LogP contribution in [0, 0.1) is 0 Å². The molecular weight excluding hydrogens is 270 g/mol. The molecule has 0 heterocycles. The van der Waals surface area contributed by atoms with Gasteiger partial charge in [-0.2, -0.15) is 0 Å². The monoisotopic (exact) mass is 285 g/mol. The number of carbonyl (C=O) groups excluding carboxylic acids is 1. The van der Waals surface area contributed by atoms with E-state index in [1.807, 2.05) is 24.3 Å². The summed E-state index contributed by atoms with van der Waals surface area (Å²) in [7, 11) is 0. The van der Waals surface area contributed by atoms with Crippen LogP contribution >= 0.6 is 12.2 Å². The fraction of sp³-hybridized carbons (Fsp3) is 0.0667. The predicted octanol–water partition coefficient (Wildman–Crippen LogP) is 3.28. The van der Waals surface area contributed by atoms with Crippen LogP contribution in [-0.2, 0) is 0 Å². The third kappa shape index (κ3) is 3.80. The molecule has 0 saturated carbocycles. The van der Waals surface area contributed by atoms with E-state index in [-0.39, 0.29) is 5.78 Å². The average molecular weight is 285 g/mol. The van der Waals surface area contributed by atoms with E-state index >= 15 is 0 Å². The Morgan fingerprint density at radius 1 is 1.05 bits per heavy atom. The summed E-state index contributed by atoms with van der Waals surface area (Å²) >= 11 is 5.22. The zero-order valence-electron chi connectivity index (χ0n) is 11.0. The highest BCUT2D eigenvalue weighted by Crippen LogP contribution is 2.14. The molecule has 2 aromatic carbocycles. The Balaban J connectivity index is 2.02. The van der Waals surface area contributed by atoms with E-state index in [0.717, 1.165) is 11.4 Å². The molecule has 0 saturated heterocycles. The van der Waals surface area contributed by atoms with Crippen molar-refractivity contribution in [3.8, 4) is 0 Å². The fourth-order valence-corrected chi connectivity index (χ4v) is 1.91. The number of Topliss-reactive ketones (excluding diaryl/α,β-unsaturated/α-hetero) is 1. The maximum Gasteiger partial charge on any atom is 0.175 e. The maximum atomic E-state index is 11.3. The van der Waals surface area contributed by atoms with Crippen molar-refractivity contribution in [1.82, 2.24) is 0 Å². The molecule has 0 aliphatic carbocycles. The molecule has 0 atom stereocenters. The number of carbonyl (C=O) groups is 1. The first kappa shape index (κ1) is 14.0. The minimum absolute atomic E-state index is 0.0195. The normalized spacial score (nSPS) is 9.85. The lowest BCUT2D eigenvalue weighted by Gasteiger charge is -2.11. The number of nitrogen functional groups attached to an aromatic ring is 1.